The zero-order valence-electron chi connectivity index (χ0n) is 16.4. The number of aryl methyl sites for hydroxylation is 2. The first kappa shape index (κ1) is 19.6. The van der Waals surface area contributed by atoms with E-state index in [1.54, 1.807) is 11.8 Å². The summed E-state index contributed by atoms with van der Waals surface area (Å²) < 4.78 is 19.3. The number of benzene rings is 2. The summed E-state index contributed by atoms with van der Waals surface area (Å²) in [7, 11) is 0. The average Bonchev–Trinajstić information content (AvgIpc) is 2.63. The second kappa shape index (κ2) is 7.84. The van der Waals surface area contributed by atoms with Crippen molar-refractivity contribution in [2.45, 2.75) is 33.9 Å². The molecule has 2 aromatic carbocycles. The summed E-state index contributed by atoms with van der Waals surface area (Å²) in [5.41, 5.74) is 3.74. The van der Waals surface area contributed by atoms with E-state index in [2.05, 4.69) is 5.32 Å². The van der Waals surface area contributed by atoms with Gasteiger partial charge in [-0.2, -0.15) is 0 Å². The monoisotopic (exact) mass is 382 g/mol. The van der Waals surface area contributed by atoms with Crippen molar-refractivity contribution in [2.24, 2.45) is 0 Å². The predicted molar refractivity (Wildman–Crippen MR) is 108 cm³/mol. The molecule has 1 unspecified atom stereocenters. The highest BCUT2D eigenvalue weighted by Gasteiger charge is 2.33. The molecule has 0 bridgehead atoms. The largest absolute Gasteiger partial charge is 0.463 e. The topological polar surface area (TPSA) is 58.6 Å². The molecule has 1 N–H and O–H groups in total. The summed E-state index contributed by atoms with van der Waals surface area (Å²) in [5, 5.41) is 3.20. The maximum absolute atomic E-state index is 14.4. The molecule has 3 rings (SSSR count). The van der Waals surface area contributed by atoms with Gasteiger partial charge in [0.2, 0.25) is 0 Å². The molecule has 6 heteroatoms. The fraction of sp³-hybridized carbons (Fsp3) is 0.273. The molecule has 146 valence electrons. The summed E-state index contributed by atoms with van der Waals surface area (Å²) in [4.78, 5) is 26.5. The van der Waals surface area contributed by atoms with Crippen LogP contribution >= 0.6 is 0 Å². The molecule has 0 aliphatic carbocycles. The maximum Gasteiger partial charge on any atom is 0.330 e. The predicted octanol–water partition coefficient (Wildman–Crippen LogP) is 4.44. The van der Waals surface area contributed by atoms with Gasteiger partial charge in [-0.25, -0.2) is 9.18 Å². The van der Waals surface area contributed by atoms with Crippen LogP contribution in [-0.2, 0) is 9.53 Å². The molecular formula is C22H23FN2O3. The number of carbonyl (C=O) groups excluding carboxylic acids is 2. The molecule has 28 heavy (non-hydrogen) atoms. The van der Waals surface area contributed by atoms with Crippen LogP contribution in [0.5, 0.6) is 0 Å². The first-order chi connectivity index (χ1) is 13.3. The molecule has 0 saturated carbocycles. The molecule has 1 atom stereocenters. The van der Waals surface area contributed by atoms with Crippen molar-refractivity contribution in [2.75, 3.05) is 16.8 Å². The molecule has 1 aliphatic rings. The lowest BCUT2D eigenvalue weighted by Gasteiger charge is -2.37. The maximum atomic E-state index is 14.4. The molecule has 1 amide bonds. The number of amides is 1. The van der Waals surface area contributed by atoms with Crippen LogP contribution in [0.3, 0.4) is 0 Å². The van der Waals surface area contributed by atoms with Crippen LogP contribution in [0.15, 0.2) is 36.4 Å². The van der Waals surface area contributed by atoms with Crippen molar-refractivity contribution < 1.29 is 18.7 Å². The number of hydrogen-bond donors (Lipinski definition) is 1. The van der Waals surface area contributed by atoms with E-state index in [4.69, 9.17) is 4.74 Å². The molecule has 0 radical (unpaired) electrons. The first-order valence-corrected chi connectivity index (χ1v) is 9.18. The van der Waals surface area contributed by atoms with Gasteiger partial charge in [-0.05, 0) is 57.0 Å². The van der Waals surface area contributed by atoms with Crippen LogP contribution in [0.2, 0.25) is 0 Å². The van der Waals surface area contributed by atoms with E-state index in [9.17, 15) is 14.0 Å². The van der Waals surface area contributed by atoms with Gasteiger partial charge in [0.25, 0.3) is 5.91 Å². The first-order valence-electron chi connectivity index (χ1n) is 9.18. The second-order valence-corrected chi connectivity index (χ2v) is 6.74. The molecule has 2 aromatic rings. The van der Waals surface area contributed by atoms with Gasteiger partial charge in [-0.1, -0.05) is 18.2 Å². The van der Waals surface area contributed by atoms with Crippen molar-refractivity contribution >= 4 is 29.3 Å². The lowest BCUT2D eigenvalue weighted by molar-refractivity contribution is -0.137. The zero-order valence-corrected chi connectivity index (χ0v) is 16.4. The standard InChI is InChI=1S/C22H23FN2O3/c1-5-28-20(26)10-9-16-11-17-19(12-18(16)23)24-15(4)25(22(17)27)21-13(2)7-6-8-14(21)3/h6-12,15,24H,5H2,1-4H3/b10-9+. The van der Waals surface area contributed by atoms with Crippen molar-refractivity contribution in [3.05, 3.63) is 64.5 Å². The molecule has 0 saturated heterocycles. The van der Waals surface area contributed by atoms with Crippen LogP contribution in [0.4, 0.5) is 15.8 Å². The lowest BCUT2D eigenvalue weighted by atomic mass is 10.0. The van der Waals surface area contributed by atoms with Crippen molar-refractivity contribution in [3.8, 4) is 0 Å². The van der Waals surface area contributed by atoms with E-state index < -0.39 is 11.8 Å². The Kier molecular flexibility index (Phi) is 5.49. The Bertz CT molecular complexity index is 948. The molecule has 5 nitrogen and oxygen atoms in total. The zero-order chi connectivity index (χ0) is 20.4. The Labute approximate surface area is 163 Å². The number of hydrogen-bond acceptors (Lipinski definition) is 4. The van der Waals surface area contributed by atoms with E-state index >= 15 is 0 Å². The third kappa shape index (κ3) is 3.63. The summed E-state index contributed by atoms with van der Waals surface area (Å²) in [5.74, 6) is -1.30. The number of ether oxygens (including phenoxy) is 1. The average molecular weight is 382 g/mol. The van der Waals surface area contributed by atoms with Crippen molar-refractivity contribution in [1.82, 2.24) is 0 Å². The third-order valence-electron chi connectivity index (χ3n) is 4.70. The third-order valence-corrected chi connectivity index (χ3v) is 4.70. The summed E-state index contributed by atoms with van der Waals surface area (Å²) in [6.45, 7) is 7.70. The van der Waals surface area contributed by atoms with Gasteiger partial charge >= 0.3 is 5.97 Å². The van der Waals surface area contributed by atoms with Gasteiger partial charge in [-0.15, -0.1) is 0 Å². The number of esters is 1. The Morgan fingerprint density at radius 3 is 2.61 bits per heavy atom. The molecule has 1 aliphatic heterocycles. The van der Waals surface area contributed by atoms with Gasteiger partial charge in [0.05, 0.1) is 23.5 Å². The minimum Gasteiger partial charge on any atom is -0.463 e. The van der Waals surface area contributed by atoms with Gasteiger partial charge in [0.1, 0.15) is 12.0 Å². The van der Waals surface area contributed by atoms with Crippen molar-refractivity contribution in [1.29, 1.82) is 0 Å². The molecular weight excluding hydrogens is 359 g/mol. The van der Waals surface area contributed by atoms with Gasteiger partial charge in [-0.3, -0.25) is 9.69 Å². The smallest absolute Gasteiger partial charge is 0.330 e. The highest BCUT2D eigenvalue weighted by molar-refractivity contribution is 6.13. The van der Waals surface area contributed by atoms with Crippen LogP contribution in [0.25, 0.3) is 6.08 Å². The Morgan fingerprint density at radius 1 is 1.29 bits per heavy atom. The SMILES string of the molecule is CCOC(=O)/C=C/c1cc2c(cc1F)NC(C)N(c1c(C)cccc1C)C2=O. The van der Waals surface area contributed by atoms with E-state index in [1.165, 1.54) is 18.2 Å². The Hall–Kier alpha value is -3.15. The number of para-hydroxylation sites is 1. The fourth-order valence-electron chi connectivity index (χ4n) is 3.44. The number of nitrogens with zero attached hydrogens (tertiary/aromatic N) is 1. The molecule has 0 aromatic heterocycles. The number of anilines is 2. The van der Waals surface area contributed by atoms with Gasteiger partial charge in [0.15, 0.2) is 0 Å². The van der Waals surface area contributed by atoms with E-state index in [0.717, 1.165) is 22.9 Å². The van der Waals surface area contributed by atoms with Crippen LogP contribution < -0.4 is 10.2 Å². The quantitative estimate of drug-likeness (QED) is 0.627. The van der Waals surface area contributed by atoms with Crippen molar-refractivity contribution in [3.63, 3.8) is 0 Å². The number of halogens is 1. The second-order valence-electron chi connectivity index (χ2n) is 6.74. The molecule has 0 spiro atoms. The molecule has 1 heterocycles. The van der Waals surface area contributed by atoms with E-state index in [-0.39, 0.29) is 24.2 Å². The van der Waals surface area contributed by atoms with Gasteiger partial charge < -0.3 is 10.1 Å². The Balaban J connectivity index is 2.03. The van der Waals surface area contributed by atoms with E-state index in [1.807, 2.05) is 39.0 Å². The number of fused-ring (bicyclic) bond motifs is 1. The fourth-order valence-corrected chi connectivity index (χ4v) is 3.44. The minimum absolute atomic E-state index is 0.151. The summed E-state index contributed by atoms with van der Waals surface area (Å²) in [6, 6.07) is 8.60. The van der Waals surface area contributed by atoms with Gasteiger partial charge in [0, 0.05) is 11.6 Å². The van der Waals surface area contributed by atoms with Crippen LogP contribution in [-0.4, -0.2) is 24.6 Å². The molecule has 0 fully saturated rings. The lowest BCUT2D eigenvalue weighted by Crippen LogP contribution is -2.48. The number of rotatable bonds is 4. The summed E-state index contributed by atoms with van der Waals surface area (Å²) >= 11 is 0. The number of carbonyl (C=O) groups is 2. The van der Waals surface area contributed by atoms with Crippen LogP contribution in [0.1, 0.15) is 40.9 Å². The minimum atomic E-state index is -0.560. The Morgan fingerprint density at radius 2 is 1.96 bits per heavy atom. The van der Waals surface area contributed by atoms with E-state index in [0.29, 0.717) is 11.3 Å². The highest BCUT2D eigenvalue weighted by atomic mass is 19.1. The van der Waals surface area contributed by atoms with Crippen LogP contribution in [0, 0.1) is 19.7 Å². The highest BCUT2D eigenvalue weighted by Crippen LogP contribution is 2.34. The normalized spacial score (nSPS) is 16.1. The number of nitrogens with one attached hydrogen (secondary N) is 1. The summed E-state index contributed by atoms with van der Waals surface area (Å²) in [6.07, 6.45) is 2.14.